The molecule has 0 unspecified atom stereocenters. The van der Waals surface area contributed by atoms with Crippen LogP contribution in [0.2, 0.25) is 0 Å². The van der Waals surface area contributed by atoms with Crippen LogP contribution in [0, 0.1) is 12.8 Å². The van der Waals surface area contributed by atoms with Gasteiger partial charge in [-0.3, -0.25) is 0 Å². The number of aromatic nitrogens is 1. The Hall–Kier alpha value is -0.790. The summed E-state index contributed by atoms with van der Waals surface area (Å²) in [7, 11) is 0. The average Bonchev–Trinajstić information content (AvgIpc) is 2.59. The minimum atomic E-state index is 0.896. The molecule has 2 rings (SSSR count). The smallest absolute Gasteiger partial charge is 0.137 e. The third kappa shape index (κ3) is 1.20. The number of hydrogen-bond acceptors (Lipinski definition) is 2. The van der Waals surface area contributed by atoms with E-state index in [-0.39, 0.29) is 0 Å². The Kier molecular flexibility index (Phi) is 1.26. The van der Waals surface area contributed by atoms with Gasteiger partial charge < -0.3 is 4.52 Å². The highest BCUT2D eigenvalue weighted by Crippen LogP contribution is 2.32. The van der Waals surface area contributed by atoms with Gasteiger partial charge in [0.25, 0.3) is 0 Å². The van der Waals surface area contributed by atoms with Crippen molar-refractivity contribution in [2.45, 2.75) is 26.2 Å². The predicted molar refractivity (Wildman–Crippen MR) is 37.7 cm³/mol. The molecular weight excluding hydrogens is 126 g/mol. The van der Waals surface area contributed by atoms with Crippen LogP contribution in [-0.2, 0) is 6.42 Å². The molecule has 0 amide bonds. The minimum Gasteiger partial charge on any atom is -0.361 e. The second-order valence-corrected chi connectivity index (χ2v) is 3.08. The molecule has 2 nitrogen and oxygen atoms in total. The van der Waals surface area contributed by atoms with Crippen molar-refractivity contribution < 1.29 is 4.52 Å². The first kappa shape index (κ1) is 5.96. The third-order valence-electron chi connectivity index (χ3n) is 1.86. The van der Waals surface area contributed by atoms with E-state index >= 15 is 0 Å². The molecule has 0 aliphatic heterocycles. The van der Waals surface area contributed by atoms with Gasteiger partial charge in [0.15, 0.2) is 0 Å². The molecule has 0 aromatic carbocycles. The number of hydrogen-bond donors (Lipinski definition) is 0. The summed E-state index contributed by atoms with van der Waals surface area (Å²) in [6, 6.07) is 2.03. The molecule has 1 aromatic rings. The lowest BCUT2D eigenvalue weighted by molar-refractivity contribution is 0.374. The molecule has 1 saturated carbocycles. The molecule has 1 aliphatic carbocycles. The van der Waals surface area contributed by atoms with Crippen LogP contribution in [0.15, 0.2) is 10.6 Å². The Labute approximate surface area is 60.2 Å². The van der Waals surface area contributed by atoms with Crippen LogP contribution in [-0.4, -0.2) is 5.16 Å². The van der Waals surface area contributed by atoms with Crippen LogP contribution in [0.3, 0.4) is 0 Å². The van der Waals surface area contributed by atoms with E-state index in [4.69, 9.17) is 4.52 Å². The Morgan fingerprint density at radius 2 is 2.50 bits per heavy atom. The average molecular weight is 137 g/mol. The normalized spacial score (nSPS) is 17.7. The lowest BCUT2D eigenvalue weighted by Gasteiger charge is -1.86. The molecule has 0 atom stereocenters. The quantitative estimate of drug-likeness (QED) is 0.622. The fourth-order valence-corrected chi connectivity index (χ4v) is 1.12. The molecule has 10 heavy (non-hydrogen) atoms. The molecular formula is C8H11NO. The number of aryl methyl sites for hydroxylation is 1. The van der Waals surface area contributed by atoms with Crippen LogP contribution < -0.4 is 0 Å². The van der Waals surface area contributed by atoms with E-state index in [1.54, 1.807) is 0 Å². The van der Waals surface area contributed by atoms with E-state index < -0.39 is 0 Å². The van der Waals surface area contributed by atoms with Crippen LogP contribution in [0.1, 0.15) is 24.3 Å². The highest BCUT2D eigenvalue weighted by atomic mass is 16.5. The first-order valence-electron chi connectivity index (χ1n) is 3.77. The molecule has 0 radical (unpaired) electrons. The SMILES string of the molecule is Cc1cc(CC2CC2)on1. The van der Waals surface area contributed by atoms with Crippen molar-refractivity contribution in [1.29, 1.82) is 0 Å². The summed E-state index contributed by atoms with van der Waals surface area (Å²) in [4.78, 5) is 0. The highest BCUT2D eigenvalue weighted by Gasteiger charge is 2.23. The topological polar surface area (TPSA) is 26.0 Å². The van der Waals surface area contributed by atoms with Gasteiger partial charge in [-0.1, -0.05) is 5.16 Å². The molecule has 1 aromatic heterocycles. The Bertz CT molecular complexity index is 225. The molecule has 54 valence electrons. The molecule has 1 aliphatic rings. The van der Waals surface area contributed by atoms with Gasteiger partial charge in [-0.15, -0.1) is 0 Å². The Balaban J connectivity index is 2.03. The maximum absolute atomic E-state index is 5.07. The molecule has 1 fully saturated rings. The van der Waals surface area contributed by atoms with Crippen LogP contribution in [0.5, 0.6) is 0 Å². The first-order chi connectivity index (χ1) is 4.84. The molecule has 2 heteroatoms. The zero-order valence-electron chi connectivity index (χ0n) is 6.13. The zero-order chi connectivity index (χ0) is 6.97. The summed E-state index contributed by atoms with van der Waals surface area (Å²) in [6.07, 6.45) is 3.85. The maximum atomic E-state index is 5.07. The summed E-state index contributed by atoms with van der Waals surface area (Å²) < 4.78 is 5.07. The van der Waals surface area contributed by atoms with Gasteiger partial charge in [0.2, 0.25) is 0 Å². The second-order valence-electron chi connectivity index (χ2n) is 3.08. The van der Waals surface area contributed by atoms with Crippen LogP contribution >= 0.6 is 0 Å². The second kappa shape index (κ2) is 2.11. The summed E-state index contributed by atoms with van der Waals surface area (Å²) in [6.45, 7) is 1.96. The van der Waals surface area contributed by atoms with Gasteiger partial charge in [0, 0.05) is 12.5 Å². The van der Waals surface area contributed by atoms with Crippen LogP contribution in [0.25, 0.3) is 0 Å². The largest absolute Gasteiger partial charge is 0.361 e. The van der Waals surface area contributed by atoms with E-state index in [0.717, 1.165) is 23.8 Å². The van der Waals surface area contributed by atoms with E-state index in [9.17, 15) is 0 Å². The monoisotopic (exact) mass is 137 g/mol. The van der Waals surface area contributed by atoms with Crippen molar-refractivity contribution in [3.63, 3.8) is 0 Å². The van der Waals surface area contributed by atoms with Crippen molar-refractivity contribution in [3.8, 4) is 0 Å². The van der Waals surface area contributed by atoms with Gasteiger partial charge in [-0.25, -0.2) is 0 Å². The molecule has 0 N–H and O–H groups in total. The van der Waals surface area contributed by atoms with E-state index in [2.05, 4.69) is 5.16 Å². The number of nitrogens with zero attached hydrogens (tertiary/aromatic N) is 1. The fraction of sp³-hybridized carbons (Fsp3) is 0.625. The fourth-order valence-electron chi connectivity index (χ4n) is 1.12. The summed E-state index contributed by atoms with van der Waals surface area (Å²) in [5.74, 6) is 1.95. The lowest BCUT2D eigenvalue weighted by Crippen LogP contribution is -1.81. The third-order valence-corrected chi connectivity index (χ3v) is 1.86. The van der Waals surface area contributed by atoms with Crippen LogP contribution in [0.4, 0.5) is 0 Å². The maximum Gasteiger partial charge on any atom is 0.137 e. The van der Waals surface area contributed by atoms with Crippen molar-refractivity contribution >= 4 is 0 Å². The Morgan fingerprint density at radius 1 is 1.70 bits per heavy atom. The standard InChI is InChI=1S/C8H11NO/c1-6-4-8(10-9-6)5-7-2-3-7/h4,7H,2-3,5H2,1H3. The Morgan fingerprint density at radius 3 is 3.00 bits per heavy atom. The van der Waals surface area contributed by atoms with Crippen molar-refractivity contribution in [2.75, 3.05) is 0 Å². The van der Waals surface area contributed by atoms with Crippen molar-refractivity contribution in [1.82, 2.24) is 5.16 Å². The molecule has 0 bridgehead atoms. The minimum absolute atomic E-state index is 0.896. The van der Waals surface area contributed by atoms with Crippen molar-refractivity contribution in [2.24, 2.45) is 5.92 Å². The van der Waals surface area contributed by atoms with Gasteiger partial charge in [-0.2, -0.15) is 0 Å². The van der Waals surface area contributed by atoms with Gasteiger partial charge >= 0.3 is 0 Å². The molecule has 0 saturated heterocycles. The van der Waals surface area contributed by atoms with Gasteiger partial charge in [0.1, 0.15) is 5.76 Å². The molecule has 1 heterocycles. The zero-order valence-corrected chi connectivity index (χ0v) is 6.13. The summed E-state index contributed by atoms with van der Waals surface area (Å²) >= 11 is 0. The summed E-state index contributed by atoms with van der Waals surface area (Å²) in [5.41, 5.74) is 0.996. The predicted octanol–water partition coefficient (Wildman–Crippen LogP) is 1.94. The summed E-state index contributed by atoms with van der Waals surface area (Å²) in [5, 5.41) is 3.82. The highest BCUT2D eigenvalue weighted by molar-refractivity contribution is 5.05. The molecule has 0 spiro atoms. The van der Waals surface area contributed by atoms with Crippen molar-refractivity contribution in [3.05, 3.63) is 17.5 Å². The van der Waals surface area contributed by atoms with E-state index in [1.807, 2.05) is 13.0 Å². The lowest BCUT2D eigenvalue weighted by atomic mass is 10.2. The number of rotatable bonds is 2. The first-order valence-corrected chi connectivity index (χ1v) is 3.77. The van der Waals surface area contributed by atoms with E-state index in [0.29, 0.717) is 0 Å². The van der Waals surface area contributed by atoms with E-state index in [1.165, 1.54) is 12.8 Å². The van der Waals surface area contributed by atoms with Gasteiger partial charge in [-0.05, 0) is 25.7 Å². The van der Waals surface area contributed by atoms with Gasteiger partial charge in [0.05, 0.1) is 5.69 Å².